The van der Waals surface area contributed by atoms with E-state index in [1.165, 1.54) is 0 Å². The average Bonchev–Trinajstić information content (AvgIpc) is 4.20. The van der Waals surface area contributed by atoms with Crippen molar-refractivity contribution in [3.05, 3.63) is 126 Å². The van der Waals surface area contributed by atoms with Crippen LogP contribution in [-0.4, -0.2) is 121 Å². The number of pyridine rings is 3. The van der Waals surface area contributed by atoms with Gasteiger partial charge in [-0.1, -0.05) is 39.2 Å². The maximum atomic E-state index is 5.02. The Bertz CT molecular complexity index is 3060. The van der Waals surface area contributed by atoms with Crippen LogP contribution in [0.25, 0.3) is 74.2 Å². The van der Waals surface area contributed by atoms with Gasteiger partial charge in [0.25, 0.3) is 0 Å². The zero-order valence-corrected chi connectivity index (χ0v) is 38.2. The van der Waals surface area contributed by atoms with Gasteiger partial charge in [-0.3, -0.25) is 20.2 Å². The molecule has 0 amide bonds. The summed E-state index contributed by atoms with van der Waals surface area (Å²) in [7, 11) is 2.17. The normalized spacial score (nSPS) is 15.5. The van der Waals surface area contributed by atoms with Crippen molar-refractivity contribution in [2.75, 3.05) is 46.3 Å². The van der Waals surface area contributed by atoms with Crippen molar-refractivity contribution < 1.29 is 0 Å². The predicted molar refractivity (Wildman–Crippen MR) is 260 cm³/mol. The highest BCUT2D eigenvalue weighted by atomic mass is 15.3. The first kappa shape index (κ1) is 44.3. The number of piperazine rings is 1. The van der Waals surface area contributed by atoms with Crippen molar-refractivity contribution in [2.24, 2.45) is 0 Å². The van der Waals surface area contributed by atoms with Gasteiger partial charge < -0.3 is 29.7 Å². The Hall–Kier alpha value is -7.30. The van der Waals surface area contributed by atoms with Gasteiger partial charge in [0.1, 0.15) is 22.6 Å². The van der Waals surface area contributed by atoms with E-state index in [0.29, 0.717) is 23.1 Å². The zero-order chi connectivity index (χ0) is 45.5. The van der Waals surface area contributed by atoms with E-state index in [-0.39, 0.29) is 0 Å². The minimum absolute atomic E-state index is 0.497. The molecule has 0 bridgehead atoms. The molecule has 65 heavy (non-hydrogen) atoms. The van der Waals surface area contributed by atoms with Gasteiger partial charge in [0.05, 0.1) is 40.5 Å². The third-order valence-electron chi connectivity index (χ3n) is 11.8. The topological polar surface area (TPSA) is 190 Å². The number of rotatable bonds is 9. The molecule has 8 aromatic rings. The first-order valence-electron chi connectivity index (χ1n) is 22.3. The van der Waals surface area contributed by atoms with Gasteiger partial charge in [-0.25, -0.2) is 19.9 Å². The maximum absolute atomic E-state index is 5.02. The Morgan fingerprint density at radius 3 is 2.35 bits per heavy atom. The second kappa shape index (κ2) is 20.0. The number of hydrogen-bond donors (Lipinski definition) is 5. The molecule has 16 heteroatoms. The van der Waals surface area contributed by atoms with Crippen molar-refractivity contribution in [1.82, 2.24) is 80.0 Å². The SMILES string of the molecule is C=C(/C=c1/c(-c2nc3nccc(-n4cnc(C)c4)c3[nH]2)n[nH]/c1=C/C)c1ccncc1.C=C/C=C(\c1nc(-c2n[nH]c3cnc(C4CCNCC4)cc23)[nH]c1C)N1CCN(C)CC1.CC. The van der Waals surface area contributed by atoms with E-state index in [2.05, 4.69) is 99.7 Å². The van der Waals surface area contributed by atoms with E-state index in [4.69, 9.17) is 15.0 Å². The number of nitrogens with one attached hydrogen (secondary N) is 5. The lowest BCUT2D eigenvalue weighted by Crippen LogP contribution is -2.43. The molecule has 2 fully saturated rings. The summed E-state index contributed by atoms with van der Waals surface area (Å²) in [5, 5.41) is 21.7. The second-order valence-corrected chi connectivity index (χ2v) is 16.0. The quantitative estimate of drug-likeness (QED) is 0.100. The number of hydrogen-bond acceptors (Lipinski definition) is 11. The third kappa shape index (κ3) is 9.49. The van der Waals surface area contributed by atoms with E-state index in [0.717, 1.165) is 136 Å². The summed E-state index contributed by atoms with van der Waals surface area (Å²) >= 11 is 0. The minimum Gasteiger partial charge on any atom is -0.367 e. The van der Waals surface area contributed by atoms with Crippen LogP contribution in [0.15, 0.2) is 86.9 Å². The first-order chi connectivity index (χ1) is 31.8. The molecule has 16 nitrogen and oxygen atoms in total. The van der Waals surface area contributed by atoms with Crippen LogP contribution in [0.4, 0.5) is 0 Å². The number of piperidine rings is 1. The summed E-state index contributed by atoms with van der Waals surface area (Å²) in [6.45, 7) is 24.3. The summed E-state index contributed by atoms with van der Waals surface area (Å²) in [4.78, 5) is 38.9. The molecule has 8 aromatic heterocycles. The van der Waals surface area contributed by atoms with E-state index in [1.54, 1.807) is 24.9 Å². The van der Waals surface area contributed by atoms with Gasteiger partial charge >= 0.3 is 0 Å². The lowest BCUT2D eigenvalue weighted by Gasteiger charge is -2.35. The number of aromatic nitrogens is 13. The van der Waals surface area contributed by atoms with Gasteiger partial charge in [-0.15, -0.1) is 0 Å². The van der Waals surface area contributed by atoms with Crippen molar-refractivity contribution >= 4 is 45.5 Å². The third-order valence-corrected chi connectivity index (χ3v) is 11.8. The van der Waals surface area contributed by atoms with Crippen LogP contribution >= 0.6 is 0 Å². The Balaban J connectivity index is 0.000000171. The summed E-state index contributed by atoms with van der Waals surface area (Å²) in [5.41, 5.74) is 11.9. The standard InChI is InChI=1S/C24H32N8.C23H20N8.C2H6/c1-4-5-21(32-12-10-31(3)11-13-32)22-16(2)27-24(28-22)23-18-14-19(17-6-8-25-9-7-17)26-15-20(18)29-30-23;1-4-18-17(11-14(2)16-5-8-24-9-6-16)20(30-29-18)23-27-21-19(7-10-25-22(21)28-23)31-12-15(3)26-13-31;1-2/h4-5,14-15,17,25H,1,6-13H2,2-3H3,(H,27,28)(H,29,30);4-13,29H,2H2,1,3H3,(H,25,27,28);1-2H3/b21-5+;17-11+,18-4+;. The van der Waals surface area contributed by atoms with Crippen LogP contribution in [0, 0.1) is 13.8 Å². The van der Waals surface area contributed by atoms with Crippen molar-refractivity contribution in [3.63, 3.8) is 0 Å². The molecule has 2 aliphatic heterocycles. The van der Waals surface area contributed by atoms with Crippen molar-refractivity contribution in [2.45, 2.75) is 53.4 Å². The molecule has 0 radical (unpaired) electrons. The van der Waals surface area contributed by atoms with E-state index in [9.17, 15) is 0 Å². The predicted octanol–water partition coefficient (Wildman–Crippen LogP) is 6.46. The lowest BCUT2D eigenvalue weighted by molar-refractivity contribution is 0.207. The Morgan fingerprint density at radius 2 is 1.63 bits per heavy atom. The van der Waals surface area contributed by atoms with Gasteiger partial charge in [0, 0.05) is 78.9 Å². The van der Waals surface area contributed by atoms with Crippen LogP contribution in [0.1, 0.15) is 67.9 Å². The lowest BCUT2D eigenvalue weighted by atomic mass is 9.93. The number of H-pyrrole nitrogens is 4. The smallest absolute Gasteiger partial charge is 0.180 e. The molecular weight excluding hydrogens is 813 g/mol. The summed E-state index contributed by atoms with van der Waals surface area (Å²) in [6, 6.07) is 7.99. The molecule has 5 N–H and O–H groups in total. The maximum Gasteiger partial charge on any atom is 0.180 e. The molecule has 0 atom stereocenters. The van der Waals surface area contributed by atoms with E-state index < -0.39 is 0 Å². The Kier molecular flexibility index (Phi) is 13.7. The molecule has 0 unspecified atom stereocenters. The molecule has 0 aliphatic carbocycles. The van der Waals surface area contributed by atoms with Gasteiger partial charge in [-0.05, 0) is 101 Å². The van der Waals surface area contributed by atoms with Gasteiger partial charge in [0.2, 0.25) is 0 Å². The molecule has 0 spiro atoms. The molecule has 2 aliphatic rings. The largest absolute Gasteiger partial charge is 0.367 e. The summed E-state index contributed by atoms with van der Waals surface area (Å²) in [5.74, 6) is 1.91. The highest BCUT2D eigenvalue weighted by molar-refractivity contribution is 5.91. The zero-order valence-electron chi connectivity index (χ0n) is 38.2. The van der Waals surface area contributed by atoms with Gasteiger partial charge in [-0.2, -0.15) is 10.2 Å². The number of imidazole rings is 3. The molecular formula is C49H58N16. The average molecular weight is 871 g/mol. The first-order valence-corrected chi connectivity index (χ1v) is 22.3. The molecule has 10 rings (SSSR count). The number of aryl methyl sites for hydroxylation is 2. The van der Waals surface area contributed by atoms with Crippen LogP contribution in [0.2, 0.25) is 0 Å². The van der Waals surface area contributed by atoms with Crippen LogP contribution in [0.3, 0.4) is 0 Å². The molecule has 0 saturated carbocycles. The molecule has 2 saturated heterocycles. The monoisotopic (exact) mass is 871 g/mol. The van der Waals surface area contributed by atoms with Crippen molar-refractivity contribution in [3.8, 4) is 28.7 Å². The Morgan fingerprint density at radius 1 is 0.877 bits per heavy atom. The number of allylic oxidation sites excluding steroid dienone is 3. The fourth-order valence-electron chi connectivity index (χ4n) is 8.28. The summed E-state index contributed by atoms with van der Waals surface area (Å²) < 4.78 is 1.95. The highest BCUT2D eigenvalue weighted by Gasteiger charge is 2.24. The number of nitrogens with zero attached hydrogens (tertiary/aromatic N) is 11. The molecule has 10 heterocycles. The fourth-order valence-corrected chi connectivity index (χ4v) is 8.28. The second-order valence-electron chi connectivity index (χ2n) is 16.0. The minimum atomic E-state index is 0.497. The van der Waals surface area contributed by atoms with E-state index >= 15 is 0 Å². The number of aromatic amines is 4. The fraction of sp³-hybridized carbons (Fsp3) is 0.306. The van der Waals surface area contributed by atoms with Crippen LogP contribution in [-0.2, 0) is 0 Å². The highest BCUT2D eigenvalue weighted by Crippen LogP contribution is 2.32. The summed E-state index contributed by atoms with van der Waals surface area (Å²) in [6.07, 6.45) is 21.0. The molecule has 0 aromatic carbocycles. The van der Waals surface area contributed by atoms with E-state index in [1.807, 2.05) is 81.1 Å². The Labute approximate surface area is 378 Å². The van der Waals surface area contributed by atoms with Crippen molar-refractivity contribution in [1.29, 1.82) is 0 Å². The number of likely N-dealkylation sites (N-methyl/N-ethyl adjacent to an activating group) is 1. The van der Waals surface area contributed by atoms with Gasteiger partial charge in [0.15, 0.2) is 17.3 Å². The van der Waals surface area contributed by atoms with Crippen LogP contribution < -0.4 is 15.9 Å². The molecule has 334 valence electrons. The van der Waals surface area contributed by atoms with Crippen LogP contribution in [0.5, 0.6) is 0 Å². The number of fused-ring (bicyclic) bond motifs is 2.